The molecule has 1 heterocycles. The zero-order valence-corrected chi connectivity index (χ0v) is 11.7. The van der Waals surface area contributed by atoms with Gasteiger partial charge in [-0.3, -0.25) is 14.0 Å². The van der Waals surface area contributed by atoms with Crippen LogP contribution in [0.25, 0.3) is 0 Å². The topological polar surface area (TPSA) is 79.3 Å². The minimum Gasteiger partial charge on any atom is -0.384 e. The Bertz CT molecular complexity index is 534. The minimum atomic E-state index is -0.958. The van der Waals surface area contributed by atoms with E-state index in [1.807, 2.05) is 0 Å². The number of amides is 1. The quantitative estimate of drug-likeness (QED) is 0.756. The number of carbonyl (C=O) groups is 1. The van der Waals surface area contributed by atoms with E-state index in [1.165, 1.54) is 12.4 Å². The number of nitrogens with zero attached hydrogens (tertiary/aromatic N) is 1. The molecule has 19 heavy (non-hydrogen) atoms. The van der Waals surface area contributed by atoms with Crippen molar-refractivity contribution < 1.29 is 14.1 Å². The molecule has 2 N–H and O–H groups in total. The van der Waals surface area contributed by atoms with Crippen molar-refractivity contribution in [2.45, 2.75) is 13.0 Å². The number of hydrogen-bond acceptors (Lipinski definition) is 4. The van der Waals surface area contributed by atoms with Crippen LogP contribution in [0.4, 0.5) is 0 Å². The van der Waals surface area contributed by atoms with Gasteiger partial charge in [-0.05, 0) is 13.0 Å². The van der Waals surface area contributed by atoms with E-state index in [0.717, 1.165) is 0 Å². The highest BCUT2D eigenvalue weighted by atomic mass is 32.2. The van der Waals surface area contributed by atoms with Crippen molar-refractivity contribution in [1.82, 2.24) is 10.3 Å². The minimum absolute atomic E-state index is 0.175. The predicted molar refractivity (Wildman–Crippen MR) is 74.1 cm³/mol. The van der Waals surface area contributed by atoms with Crippen molar-refractivity contribution in [3.05, 3.63) is 29.6 Å². The van der Waals surface area contributed by atoms with Crippen LogP contribution in [0.15, 0.2) is 18.5 Å². The third-order valence-electron chi connectivity index (χ3n) is 2.17. The fraction of sp³-hybridized carbons (Fsp3) is 0.385. The summed E-state index contributed by atoms with van der Waals surface area (Å²) in [5.41, 5.74) is 0.951. The van der Waals surface area contributed by atoms with E-state index in [2.05, 4.69) is 22.1 Å². The highest BCUT2D eigenvalue weighted by Crippen LogP contribution is 2.02. The van der Waals surface area contributed by atoms with Crippen LogP contribution in [0.1, 0.15) is 22.8 Å². The van der Waals surface area contributed by atoms with Crippen LogP contribution in [0.3, 0.4) is 0 Å². The molecular weight excluding hydrogens is 264 g/mol. The van der Waals surface area contributed by atoms with Gasteiger partial charge in [-0.25, -0.2) is 0 Å². The lowest BCUT2D eigenvalue weighted by Crippen LogP contribution is -2.36. The van der Waals surface area contributed by atoms with Crippen LogP contribution in [-0.2, 0) is 10.8 Å². The van der Waals surface area contributed by atoms with Crippen LogP contribution in [0, 0.1) is 11.8 Å². The molecule has 0 saturated carbocycles. The fourth-order valence-corrected chi connectivity index (χ4v) is 2.26. The normalized spacial score (nSPS) is 13.0. The second-order valence-corrected chi connectivity index (χ2v) is 5.52. The van der Waals surface area contributed by atoms with Crippen molar-refractivity contribution in [3.63, 3.8) is 0 Å². The summed E-state index contributed by atoms with van der Waals surface area (Å²) in [6.45, 7) is 1.55. The molecule has 0 bridgehead atoms. The Balaban J connectivity index is 2.74. The van der Waals surface area contributed by atoms with E-state index < -0.39 is 10.8 Å². The Kier molecular flexibility index (Phi) is 6.19. The first-order chi connectivity index (χ1) is 9.02. The van der Waals surface area contributed by atoms with Crippen molar-refractivity contribution >= 4 is 16.7 Å². The molecular formula is C13H16N2O3S. The Hall–Kier alpha value is -1.71. The molecule has 1 rings (SSSR count). The van der Waals surface area contributed by atoms with Crippen LogP contribution in [0.2, 0.25) is 0 Å². The monoisotopic (exact) mass is 280 g/mol. The van der Waals surface area contributed by atoms with Gasteiger partial charge in [0, 0.05) is 46.8 Å². The molecule has 102 valence electrons. The average molecular weight is 280 g/mol. The zero-order valence-electron chi connectivity index (χ0n) is 10.8. The van der Waals surface area contributed by atoms with E-state index >= 15 is 0 Å². The first-order valence-electron chi connectivity index (χ1n) is 5.68. The summed E-state index contributed by atoms with van der Waals surface area (Å²) in [6.07, 6.45) is 4.55. The number of pyridine rings is 1. The van der Waals surface area contributed by atoms with Gasteiger partial charge in [-0.1, -0.05) is 11.8 Å². The largest absolute Gasteiger partial charge is 0.384 e. The van der Waals surface area contributed by atoms with Gasteiger partial charge in [0.1, 0.15) is 6.61 Å². The second kappa shape index (κ2) is 7.67. The Morgan fingerprint density at radius 2 is 2.32 bits per heavy atom. The van der Waals surface area contributed by atoms with Gasteiger partial charge in [0.2, 0.25) is 0 Å². The maximum Gasteiger partial charge on any atom is 0.253 e. The van der Waals surface area contributed by atoms with Gasteiger partial charge in [0.25, 0.3) is 5.91 Å². The van der Waals surface area contributed by atoms with Gasteiger partial charge in [0.15, 0.2) is 0 Å². The number of carbonyl (C=O) groups excluding carboxylic acids is 1. The van der Waals surface area contributed by atoms with Crippen LogP contribution >= 0.6 is 0 Å². The third kappa shape index (κ3) is 5.64. The van der Waals surface area contributed by atoms with Gasteiger partial charge in [-0.15, -0.1) is 0 Å². The van der Waals surface area contributed by atoms with E-state index in [0.29, 0.717) is 16.9 Å². The standard InChI is InChI=1S/C13H16N2O3S/c1-10(9-19(2)18)15-13(17)12-6-11(4-3-5-16)7-14-8-12/h6-8,10,16H,5,9H2,1-2H3,(H,15,17). The summed E-state index contributed by atoms with van der Waals surface area (Å²) in [5.74, 6) is 5.30. The van der Waals surface area contributed by atoms with E-state index in [1.54, 1.807) is 19.2 Å². The Morgan fingerprint density at radius 1 is 1.58 bits per heavy atom. The van der Waals surface area contributed by atoms with Gasteiger partial charge in [0.05, 0.1) is 5.56 Å². The third-order valence-corrected chi connectivity index (χ3v) is 3.14. The lowest BCUT2D eigenvalue weighted by Gasteiger charge is -2.12. The first kappa shape index (κ1) is 15.3. The molecule has 0 radical (unpaired) electrons. The molecule has 5 nitrogen and oxygen atoms in total. The summed E-state index contributed by atoms with van der Waals surface area (Å²) < 4.78 is 11.1. The maximum absolute atomic E-state index is 11.9. The molecule has 0 fully saturated rings. The maximum atomic E-state index is 11.9. The van der Waals surface area contributed by atoms with Crippen molar-refractivity contribution in [1.29, 1.82) is 0 Å². The molecule has 0 saturated heterocycles. The zero-order chi connectivity index (χ0) is 14.3. The molecule has 2 unspecified atom stereocenters. The van der Waals surface area contributed by atoms with Crippen LogP contribution < -0.4 is 5.32 Å². The molecule has 0 aromatic carbocycles. The number of aliphatic hydroxyl groups is 1. The number of aromatic nitrogens is 1. The number of nitrogens with one attached hydrogen (secondary N) is 1. The summed E-state index contributed by atoms with van der Waals surface area (Å²) in [5, 5.41) is 11.3. The molecule has 2 atom stereocenters. The van der Waals surface area contributed by atoms with E-state index in [4.69, 9.17) is 5.11 Å². The van der Waals surface area contributed by atoms with Gasteiger partial charge >= 0.3 is 0 Å². The molecule has 0 aliphatic carbocycles. The van der Waals surface area contributed by atoms with E-state index in [-0.39, 0.29) is 18.6 Å². The summed E-state index contributed by atoms with van der Waals surface area (Å²) in [4.78, 5) is 15.8. The van der Waals surface area contributed by atoms with Gasteiger partial charge in [-0.2, -0.15) is 0 Å². The molecule has 1 amide bonds. The summed E-state index contributed by atoms with van der Waals surface area (Å²) >= 11 is 0. The number of aliphatic hydroxyl groups excluding tert-OH is 1. The first-order valence-corrected chi connectivity index (χ1v) is 7.41. The van der Waals surface area contributed by atoms with E-state index in [9.17, 15) is 9.00 Å². The summed E-state index contributed by atoms with van der Waals surface area (Å²) in [7, 11) is -0.958. The predicted octanol–water partition coefficient (Wildman–Crippen LogP) is -0.0778. The lowest BCUT2D eigenvalue weighted by molar-refractivity contribution is 0.0943. The molecule has 1 aromatic rings. The average Bonchev–Trinajstić information content (AvgIpc) is 2.35. The van der Waals surface area contributed by atoms with Crippen LogP contribution in [-0.4, -0.2) is 44.9 Å². The molecule has 0 aliphatic rings. The lowest BCUT2D eigenvalue weighted by atomic mass is 10.2. The Labute approximate surface area is 114 Å². The number of rotatable bonds is 4. The van der Waals surface area contributed by atoms with Gasteiger partial charge < -0.3 is 10.4 Å². The van der Waals surface area contributed by atoms with Crippen molar-refractivity contribution in [2.24, 2.45) is 0 Å². The fourth-order valence-electron chi connectivity index (χ4n) is 1.47. The SMILES string of the molecule is CC(CS(C)=O)NC(=O)c1cncc(C#CCO)c1. The second-order valence-electron chi connectivity index (χ2n) is 4.04. The smallest absolute Gasteiger partial charge is 0.253 e. The van der Waals surface area contributed by atoms with Crippen LogP contribution in [0.5, 0.6) is 0 Å². The summed E-state index contributed by atoms with van der Waals surface area (Å²) in [6, 6.07) is 1.42. The molecule has 0 aliphatic heterocycles. The number of hydrogen-bond donors (Lipinski definition) is 2. The van der Waals surface area contributed by atoms with Crippen molar-refractivity contribution in [3.8, 4) is 11.8 Å². The highest BCUT2D eigenvalue weighted by Gasteiger charge is 2.11. The molecule has 1 aromatic heterocycles. The molecule has 0 spiro atoms. The van der Waals surface area contributed by atoms with Crippen molar-refractivity contribution in [2.75, 3.05) is 18.6 Å². The highest BCUT2D eigenvalue weighted by molar-refractivity contribution is 7.84. The molecule has 6 heteroatoms. The Morgan fingerprint density at radius 3 is 2.95 bits per heavy atom.